The number of rotatable bonds is 9. The van der Waals surface area contributed by atoms with Gasteiger partial charge in [0.1, 0.15) is 0 Å². The molecule has 0 radical (unpaired) electrons. The molecule has 0 saturated heterocycles. The summed E-state index contributed by atoms with van der Waals surface area (Å²) in [6, 6.07) is 1.55. The number of aliphatic hydroxyl groups excluding tert-OH is 1. The van der Waals surface area contributed by atoms with Crippen molar-refractivity contribution < 1.29 is 13.5 Å². The Labute approximate surface area is 121 Å². The van der Waals surface area contributed by atoms with Crippen molar-refractivity contribution in [2.75, 3.05) is 6.54 Å². The van der Waals surface area contributed by atoms with E-state index in [0.717, 1.165) is 25.2 Å². The minimum Gasteiger partial charge on any atom is -0.390 e. The molecule has 1 fully saturated rings. The molecule has 0 atom stereocenters. The van der Waals surface area contributed by atoms with Crippen molar-refractivity contribution in [2.45, 2.75) is 57.1 Å². The molecular formula is C14H24N2O3S. The van der Waals surface area contributed by atoms with Gasteiger partial charge in [0.25, 0.3) is 0 Å². The topological polar surface area (TPSA) is 71.3 Å². The highest BCUT2D eigenvalue weighted by Crippen LogP contribution is 2.33. The Morgan fingerprint density at radius 2 is 2.20 bits per heavy atom. The van der Waals surface area contributed by atoms with Crippen LogP contribution >= 0.6 is 0 Å². The molecule has 0 unspecified atom stereocenters. The number of aliphatic hydroxyl groups is 1. The normalized spacial score (nSPS) is 15.7. The van der Waals surface area contributed by atoms with Crippen molar-refractivity contribution in [3.05, 3.63) is 18.0 Å². The Kier molecular flexibility index (Phi) is 5.23. The number of aromatic nitrogens is 1. The third-order valence-corrected chi connectivity index (χ3v) is 5.10. The quantitative estimate of drug-likeness (QED) is 0.684. The summed E-state index contributed by atoms with van der Waals surface area (Å²) in [4.78, 5) is 0.251. The largest absolute Gasteiger partial charge is 0.390 e. The summed E-state index contributed by atoms with van der Waals surface area (Å²) in [5.41, 5.74) is 0.644. The molecule has 20 heavy (non-hydrogen) atoms. The molecule has 0 aromatic carbocycles. The SMILES string of the molecule is CCCn1cc(S(=O)(=O)NCCCC2CC2)cc1CO. The van der Waals surface area contributed by atoms with Gasteiger partial charge in [0.15, 0.2) is 0 Å². The number of sulfonamides is 1. The van der Waals surface area contributed by atoms with E-state index in [0.29, 0.717) is 18.8 Å². The minimum atomic E-state index is -3.45. The Hall–Kier alpha value is -0.850. The lowest BCUT2D eigenvalue weighted by molar-refractivity contribution is 0.270. The van der Waals surface area contributed by atoms with Gasteiger partial charge in [0.2, 0.25) is 10.0 Å². The van der Waals surface area contributed by atoms with Gasteiger partial charge >= 0.3 is 0 Å². The fraction of sp³-hybridized carbons (Fsp3) is 0.714. The van der Waals surface area contributed by atoms with E-state index in [1.54, 1.807) is 16.8 Å². The zero-order chi connectivity index (χ0) is 14.6. The van der Waals surface area contributed by atoms with Gasteiger partial charge in [-0.3, -0.25) is 0 Å². The molecule has 2 N–H and O–H groups in total. The summed E-state index contributed by atoms with van der Waals surface area (Å²) >= 11 is 0. The molecular weight excluding hydrogens is 276 g/mol. The van der Waals surface area contributed by atoms with Gasteiger partial charge in [-0.2, -0.15) is 0 Å². The van der Waals surface area contributed by atoms with Gasteiger partial charge in [-0.25, -0.2) is 13.1 Å². The van der Waals surface area contributed by atoms with Crippen molar-refractivity contribution in [1.29, 1.82) is 0 Å². The van der Waals surface area contributed by atoms with Crippen molar-refractivity contribution in [3.63, 3.8) is 0 Å². The lowest BCUT2D eigenvalue weighted by Crippen LogP contribution is -2.24. The standard InChI is InChI=1S/C14H24N2O3S/c1-2-8-16-10-14(9-13(16)11-17)20(18,19)15-7-3-4-12-5-6-12/h9-10,12,15,17H,2-8,11H2,1H3. The van der Waals surface area contributed by atoms with Crippen LogP contribution in [0.4, 0.5) is 0 Å². The van der Waals surface area contributed by atoms with Gasteiger partial charge in [-0.05, 0) is 31.2 Å². The number of hydrogen-bond donors (Lipinski definition) is 2. The van der Waals surface area contributed by atoms with Crippen molar-refractivity contribution in [3.8, 4) is 0 Å². The van der Waals surface area contributed by atoms with E-state index in [1.807, 2.05) is 6.92 Å². The summed E-state index contributed by atoms with van der Waals surface area (Å²) in [6.45, 7) is 3.09. The van der Waals surface area contributed by atoms with E-state index in [-0.39, 0.29) is 11.5 Å². The lowest BCUT2D eigenvalue weighted by atomic mass is 10.2. The molecule has 1 aliphatic carbocycles. The van der Waals surface area contributed by atoms with E-state index >= 15 is 0 Å². The van der Waals surface area contributed by atoms with Crippen LogP contribution in [-0.2, 0) is 23.2 Å². The van der Waals surface area contributed by atoms with E-state index in [4.69, 9.17) is 0 Å². The minimum absolute atomic E-state index is 0.142. The van der Waals surface area contributed by atoms with Crippen molar-refractivity contribution in [1.82, 2.24) is 9.29 Å². The van der Waals surface area contributed by atoms with Gasteiger partial charge in [-0.15, -0.1) is 0 Å². The molecule has 0 aliphatic heterocycles. The Morgan fingerprint density at radius 1 is 1.45 bits per heavy atom. The lowest BCUT2D eigenvalue weighted by Gasteiger charge is -2.05. The smallest absolute Gasteiger partial charge is 0.242 e. The van der Waals surface area contributed by atoms with Gasteiger partial charge in [-0.1, -0.05) is 19.8 Å². The summed E-state index contributed by atoms with van der Waals surface area (Å²) in [7, 11) is -3.45. The first kappa shape index (κ1) is 15.5. The molecule has 1 aromatic heterocycles. The van der Waals surface area contributed by atoms with Crippen LogP contribution in [-0.4, -0.2) is 24.6 Å². The monoisotopic (exact) mass is 300 g/mol. The third-order valence-electron chi connectivity index (χ3n) is 3.68. The molecule has 1 saturated carbocycles. The first-order valence-corrected chi connectivity index (χ1v) is 8.84. The molecule has 1 aromatic rings. The maximum atomic E-state index is 12.2. The van der Waals surface area contributed by atoms with Crippen LogP contribution in [0.25, 0.3) is 0 Å². The Morgan fingerprint density at radius 3 is 2.80 bits per heavy atom. The zero-order valence-electron chi connectivity index (χ0n) is 12.0. The van der Waals surface area contributed by atoms with Gasteiger partial charge in [0, 0.05) is 25.0 Å². The van der Waals surface area contributed by atoms with E-state index in [2.05, 4.69) is 4.72 Å². The first-order valence-electron chi connectivity index (χ1n) is 7.36. The molecule has 0 amide bonds. The maximum absolute atomic E-state index is 12.2. The van der Waals surface area contributed by atoms with Crippen LogP contribution in [0.3, 0.4) is 0 Å². The number of aryl methyl sites for hydroxylation is 1. The summed E-state index contributed by atoms with van der Waals surface area (Å²) in [6.07, 6.45) is 7.11. The van der Waals surface area contributed by atoms with Crippen molar-refractivity contribution in [2.24, 2.45) is 5.92 Å². The zero-order valence-corrected chi connectivity index (χ0v) is 12.8. The molecule has 6 heteroatoms. The van der Waals surface area contributed by atoms with E-state index in [9.17, 15) is 13.5 Å². The van der Waals surface area contributed by atoms with Crippen LogP contribution in [0.1, 0.15) is 44.7 Å². The van der Waals surface area contributed by atoms with Crippen LogP contribution in [0.2, 0.25) is 0 Å². The summed E-state index contributed by atoms with van der Waals surface area (Å²) in [5, 5.41) is 9.27. The Balaban J connectivity index is 1.96. The molecule has 0 spiro atoms. The fourth-order valence-electron chi connectivity index (χ4n) is 2.34. The van der Waals surface area contributed by atoms with Crippen LogP contribution < -0.4 is 4.72 Å². The number of nitrogens with one attached hydrogen (secondary N) is 1. The van der Waals surface area contributed by atoms with Crippen LogP contribution in [0.15, 0.2) is 17.2 Å². The summed E-state index contributed by atoms with van der Waals surface area (Å²) in [5.74, 6) is 0.825. The average molecular weight is 300 g/mol. The predicted octanol–water partition coefficient (Wildman–Crippen LogP) is 1.86. The first-order chi connectivity index (χ1) is 9.56. The third kappa shape index (κ3) is 4.07. The highest BCUT2D eigenvalue weighted by Gasteiger charge is 2.21. The molecule has 2 rings (SSSR count). The highest BCUT2D eigenvalue weighted by molar-refractivity contribution is 7.89. The maximum Gasteiger partial charge on any atom is 0.242 e. The van der Waals surface area contributed by atoms with Gasteiger partial charge < -0.3 is 9.67 Å². The van der Waals surface area contributed by atoms with E-state index < -0.39 is 10.0 Å². The molecule has 1 aliphatic rings. The number of hydrogen-bond acceptors (Lipinski definition) is 3. The second kappa shape index (κ2) is 6.74. The summed E-state index contributed by atoms with van der Waals surface area (Å²) < 4.78 is 28.8. The second-order valence-electron chi connectivity index (χ2n) is 5.50. The Bertz CT molecular complexity index is 533. The molecule has 5 nitrogen and oxygen atoms in total. The average Bonchev–Trinajstić information content (AvgIpc) is 3.14. The van der Waals surface area contributed by atoms with Gasteiger partial charge in [0.05, 0.1) is 11.5 Å². The van der Waals surface area contributed by atoms with Crippen molar-refractivity contribution >= 4 is 10.0 Å². The van der Waals surface area contributed by atoms with Crippen LogP contribution in [0, 0.1) is 5.92 Å². The molecule has 114 valence electrons. The predicted molar refractivity (Wildman–Crippen MR) is 77.8 cm³/mol. The fourth-order valence-corrected chi connectivity index (χ4v) is 3.48. The number of nitrogens with zero attached hydrogens (tertiary/aromatic N) is 1. The molecule has 0 bridgehead atoms. The van der Waals surface area contributed by atoms with Crippen LogP contribution in [0.5, 0.6) is 0 Å². The van der Waals surface area contributed by atoms with E-state index in [1.165, 1.54) is 12.8 Å². The second-order valence-corrected chi connectivity index (χ2v) is 7.27. The molecule has 1 heterocycles. The highest BCUT2D eigenvalue weighted by atomic mass is 32.2.